The molecule has 0 aliphatic carbocycles. The highest BCUT2D eigenvalue weighted by Crippen LogP contribution is 2.22. The molecule has 0 saturated heterocycles. The fourth-order valence-electron chi connectivity index (χ4n) is 3.01. The third kappa shape index (κ3) is 4.59. The van der Waals surface area contributed by atoms with Crippen LogP contribution < -0.4 is 10.1 Å². The summed E-state index contributed by atoms with van der Waals surface area (Å²) in [7, 11) is 0. The van der Waals surface area contributed by atoms with Gasteiger partial charge < -0.3 is 10.1 Å². The van der Waals surface area contributed by atoms with Gasteiger partial charge in [-0.2, -0.15) is 5.10 Å². The van der Waals surface area contributed by atoms with Crippen molar-refractivity contribution >= 4 is 17.3 Å². The SMILES string of the molecule is Cc1cc(C)n(-c2ccc(Oc3ccc(NC(=O)c4ccc([N+](=O)[O-])cc4)cc3)nn2)n1. The van der Waals surface area contributed by atoms with Gasteiger partial charge in [-0.15, -0.1) is 10.2 Å². The van der Waals surface area contributed by atoms with Crippen LogP contribution in [0.2, 0.25) is 0 Å². The van der Waals surface area contributed by atoms with Crippen molar-refractivity contribution in [1.82, 2.24) is 20.0 Å². The number of aryl methyl sites for hydroxylation is 2. The van der Waals surface area contributed by atoms with Crippen molar-refractivity contribution in [1.29, 1.82) is 0 Å². The highest BCUT2D eigenvalue weighted by molar-refractivity contribution is 6.04. The predicted molar refractivity (Wildman–Crippen MR) is 116 cm³/mol. The van der Waals surface area contributed by atoms with E-state index in [0.717, 1.165) is 11.4 Å². The van der Waals surface area contributed by atoms with Gasteiger partial charge in [0.1, 0.15) is 5.75 Å². The lowest BCUT2D eigenvalue weighted by molar-refractivity contribution is -0.384. The largest absolute Gasteiger partial charge is 0.438 e. The first-order chi connectivity index (χ1) is 15.4. The van der Waals surface area contributed by atoms with E-state index in [4.69, 9.17) is 4.74 Å². The van der Waals surface area contributed by atoms with Crippen molar-refractivity contribution in [2.24, 2.45) is 0 Å². The molecular formula is C22H18N6O4. The lowest BCUT2D eigenvalue weighted by atomic mass is 10.2. The fraction of sp³-hybridized carbons (Fsp3) is 0.0909. The topological polar surface area (TPSA) is 125 Å². The Morgan fingerprint density at radius 3 is 2.28 bits per heavy atom. The second kappa shape index (κ2) is 8.64. The van der Waals surface area contributed by atoms with E-state index >= 15 is 0 Å². The minimum Gasteiger partial charge on any atom is -0.438 e. The van der Waals surface area contributed by atoms with E-state index in [9.17, 15) is 14.9 Å². The van der Waals surface area contributed by atoms with E-state index in [1.54, 1.807) is 41.1 Å². The molecule has 160 valence electrons. The van der Waals surface area contributed by atoms with E-state index in [1.165, 1.54) is 24.3 Å². The fourth-order valence-corrected chi connectivity index (χ4v) is 3.01. The Kier molecular flexibility index (Phi) is 5.58. The summed E-state index contributed by atoms with van der Waals surface area (Å²) in [5.74, 6) is 1.05. The summed E-state index contributed by atoms with van der Waals surface area (Å²) in [5, 5.41) is 26.0. The standard InChI is InChI=1S/C22H18N6O4/c1-14-13-15(2)27(26-14)20-11-12-21(25-24-20)32-19-9-5-17(6-10-19)23-22(29)16-3-7-18(8-4-16)28(30)31/h3-13H,1-2H3,(H,23,29). The van der Waals surface area contributed by atoms with Gasteiger partial charge in [-0.3, -0.25) is 14.9 Å². The number of anilines is 1. The minimum atomic E-state index is -0.516. The number of hydrogen-bond donors (Lipinski definition) is 1. The van der Waals surface area contributed by atoms with Gasteiger partial charge in [0.15, 0.2) is 5.82 Å². The summed E-state index contributed by atoms with van der Waals surface area (Å²) < 4.78 is 7.41. The number of amides is 1. The summed E-state index contributed by atoms with van der Waals surface area (Å²) in [6.45, 7) is 3.85. The first kappa shape index (κ1) is 20.7. The van der Waals surface area contributed by atoms with Crippen molar-refractivity contribution < 1.29 is 14.5 Å². The van der Waals surface area contributed by atoms with Gasteiger partial charge in [0.05, 0.1) is 10.6 Å². The average Bonchev–Trinajstić information content (AvgIpc) is 3.13. The lowest BCUT2D eigenvalue weighted by Crippen LogP contribution is -2.11. The van der Waals surface area contributed by atoms with E-state index in [-0.39, 0.29) is 11.6 Å². The Morgan fingerprint density at radius 2 is 1.72 bits per heavy atom. The first-order valence-corrected chi connectivity index (χ1v) is 9.60. The van der Waals surface area contributed by atoms with Crippen LogP contribution in [0.25, 0.3) is 5.82 Å². The van der Waals surface area contributed by atoms with Gasteiger partial charge in [0.2, 0.25) is 5.88 Å². The summed E-state index contributed by atoms with van der Waals surface area (Å²) >= 11 is 0. The highest BCUT2D eigenvalue weighted by atomic mass is 16.6. The molecule has 0 aliphatic heterocycles. The van der Waals surface area contributed by atoms with Crippen molar-refractivity contribution in [3.63, 3.8) is 0 Å². The molecule has 0 atom stereocenters. The maximum atomic E-state index is 12.3. The second-order valence-electron chi connectivity index (χ2n) is 6.95. The van der Waals surface area contributed by atoms with E-state index < -0.39 is 4.92 Å². The number of rotatable bonds is 6. The molecule has 2 heterocycles. The van der Waals surface area contributed by atoms with Gasteiger partial charge in [0.25, 0.3) is 11.6 Å². The maximum Gasteiger partial charge on any atom is 0.269 e. The monoisotopic (exact) mass is 430 g/mol. The second-order valence-corrected chi connectivity index (χ2v) is 6.95. The van der Waals surface area contributed by atoms with Crippen LogP contribution in [-0.2, 0) is 0 Å². The number of hydrogen-bond acceptors (Lipinski definition) is 7. The molecule has 10 nitrogen and oxygen atoms in total. The van der Waals surface area contributed by atoms with Gasteiger partial charge in [0, 0.05) is 35.1 Å². The van der Waals surface area contributed by atoms with Gasteiger partial charge in [-0.05, 0) is 62.4 Å². The average molecular weight is 430 g/mol. The lowest BCUT2D eigenvalue weighted by Gasteiger charge is -2.08. The molecule has 0 bridgehead atoms. The molecule has 10 heteroatoms. The molecule has 1 amide bonds. The number of nitro groups is 1. The molecule has 4 aromatic rings. The van der Waals surface area contributed by atoms with Crippen LogP contribution in [-0.4, -0.2) is 30.8 Å². The quantitative estimate of drug-likeness (QED) is 0.358. The molecule has 1 N–H and O–H groups in total. The Balaban J connectivity index is 1.39. The summed E-state index contributed by atoms with van der Waals surface area (Å²) in [6.07, 6.45) is 0. The van der Waals surface area contributed by atoms with Crippen molar-refractivity contribution in [3.05, 3.63) is 93.8 Å². The summed E-state index contributed by atoms with van der Waals surface area (Å²) in [5.41, 5.74) is 2.64. The molecule has 0 saturated carbocycles. The number of nitrogens with one attached hydrogen (secondary N) is 1. The number of nitrogens with zero attached hydrogens (tertiary/aromatic N) is 5. The molecule has 0 aliphatic rings. The smallest absolute Gasteiger partial charge is 0.269 e. The number of aromatic nitrogens is 4. The Labute approximate surface area is 182 Å². The van der Waals surface area contributed by atoms with Crippen LogP contribution in [0.3, 0.4) is 0 Å². The van der Waals surface area contributed by atoms with Crippen LogP contribution in [0.4, 0.5) is 11.4 Å². The Hall–Kier alpha value is -4.60. The van der Waals surface area contributed by atoms with Crippen LogP contribution in [0, 0.1) is 24.0 Å². The normalized spacial score (nSPS) is 10.6. The molecule has 0 spiro atoms. The zero-order valence-corrected chi connectivity index (χ0v) is 17.2. The Morgan fingerprint density at radius 1 is 1.00 bits per heavy atom. The predicted octanol–water partition coefficient (Wildman–Crippen LogP) is 4.23. The number of carbonyl (C=O) groups is 1. The molecular weight excluding hydrogens is 412 g/mol. The maximum absolute atomic E-state index is 12.3. The molecule has 4 rings (SSSR count). The van der Waals surface area contributed by atoms with Crippen LogP contribution in [0.15, 0.2) is 66.7 Å². The first-order valence-electron chi connectivity index (χ1n) is 9.60. The van der Waals surface area contributed by atoms with E-state index in [2.05, 4.69) is 20.6 Å². The molecule has 0 unspecified atom stereocenters. The number of benzene rings is 2. The van der Waals surface area contributed by atoms with Crippen LogP contribution in [0.1, 0.15) is 21.7 Å². The molecule has 0 radical (unpaired) electrons. The third-order valence-electron chi connectivity index (χ3n) is 4.53. The zero-order valence-electron chi connectivity index (χ0n) is 17.2. The van der Waals surface area contributed by atoms with E-state index in [0.29, 0.717) is 28.7 Å². The Bertz CT molecular complexity index is 1270. The van der Waals surface area contributed by atoms with Gasteiger partial charge in [-0.25, -0.2) is 4.68 Å². The number of carbonyl (C=O) groups excluding carboxylic acids is 1. The van der Waals surface area contributed by atoms with Crippen molar-refractivity contribution in [3.8, 4) is 17.4 Å². The number of non-ortho nitro benzene ring substituents is 1. The molecule has 2 aromatic heterocycles. The summed E-state index contributed by atoms with van der Waals surface area (Å²) in [6, 6.07) is 17.5. The van der Waals surface area contributed by atoms with Crippen LogP contribution >= 0.6 is 0 Å². The van der Waals surface area contributed by atoms with Gasteiger partial charge in [-0.1, -0.05) is 0 Å². The molecule has 32 heavy (non-hydrogen) atoms. The highest BCUT2D eigenvalue weighted by Gasteiger charge is 2.10. The number of ether oxygens (including phenoxy) is 1. The van der Waals surface area contributed by atoms with Crippen molar-refractivity contribution in [2.75, 3.05) is 5.32 Å². The summed E-state index contributed by atoms with van der Waals surface area (Å²) in [4.78, 5) is 22.5. The van der Waals surface area contributed by atoms with Crippen LogP contribution in [0.5, 0.6) is 11.6 Å². The number of nitro benzene ring substituents is 1. The van der Waals surface area contributed by atoms with Crippen molar-refractivity contribution in [2.45, 2.75) is 13.8 Å². The van der Waals surface area contributed by atoms with Gasteiger partial charge >= 0.3 is 0 Å². The molecule has 2 aromatic carbocycles. The zero-order chi connectivity index (χ0) is 22.7. The molecule has 0 fully saturated rings. The minimum absolute atomic E-state index is 0.0749. The third-order valence-corrected chi connectivity index (χ3v) is 4.53. The van der Waals surface area contributed by atoms with E-state index in [1.807, 2.05) is 19.9 Å².